The second-order valence-electron chi connectivity index (χ2n) is 6.18. The van der Waals surface area contributed by atoms with Gasteiger partial charge in [0.1, 0.15) is 11.8 Å². The highest BCUT2D eigenvalue weighted by molar-refractivity contribution is 9.10. The zero-order valence-corrected chi connectivity index (χ0v) is 18.4. The van der Waals surface area contributed by atoms with Crippen LogP contribution in [0.1, 0.15) is 22.3 Å². The predicted molar refractivity (Wildman–Crippen MR) is 118 cm³/mol. The fraction of sp³-hybridized carbons (Fsp3) is 0.333. The summed E-state index contributed by atoms with van der Waals surface area (Å²) in [6, 6.07) is 14.4. The maximum atomic E-state index is 12.6. The molecule has 0 radical (unpaired) electrons. The molecule has 0 spiro atoms. The Morgan fingerprint density at radius 3 is 2.50 bits per heavy atom. The van der Waals surface area contributed by atoms with E-state index in [1.807, 2.05) is 36.6 Å². The summed E-state index contributed by atoms with van der Waals surface area (Å²) in [5, 5.41) is 5.80. The van der Waals surface area contributed by atoms with Crippen LogP contribution in [0.4, 0.5) is 0 Å². The minimum absolute atomic E-state index is 0.164. The molecule has 2 aromatic rings. The summed E-state index contributed by atoms with van der Waals surface area (Å²) in [5.41, 5.74) is 1.63. The van der Waals surface area contributed by atoms with Gasteiger partial charge in [0.2, 0.25) is 5.91 Å². The number of carbonyl (C=O) groups is 2. The Kier molecular flexibility index (Phi) is 9.37. The predicted octanol–water partition coefficient (Wildman–Crippen LogP) is 3.67. The van der Waals surface area contributed by atoms with Gasteiger partial charge < -0.3 is 15.4 Å². The first-order chi connectivity index (χ1) is 13.5. The van der Waals surface area contributed by atoms with Crippen molar-refractivity contribution in [3.63, 3.8) is 0 Å². The van der Waals surface area contributed by atoms with Crippen molar-refractivity contribution in [2.24, 2.45) is 0 Å². The molecule has 1 atom stereocenters. The van der Waals surface area contributed by atoms with Gasteiger partial charge in [-0.1, -0.05) is 24.3 Å². The largest absolute Gasteiger partial charge is 0.497 e. The van der Waals surface area contributed by atoms with Gasteiger partial charge in [-0.2, -0.15) is 11.8 Å². The Labute approximate surface area is 178 Å². The zero-order chi connectivity index (χ0) is 20.4. The molecular weight excluding hydrogens is 440 g/mol. The molecule has 2 aromatic carbocycles. The lowest BCUT2D eigenvalue weighted by molar-refractivity contribution is -0.122. The number of ether oxygens (including phenoxy) is 1. The van der Waals surface area contributed by atoms with Gasteiger partial charge in [0.05, 0.1) is 12.7 Å². The minimum atomic E-state index is -0.567. The quantitative estimate of drug-likeness (QED) is 0.562. The highest BCUT2D eigenvalue weighted by Gasteiger charge is 2.21. The number of hydrogen-bond donors (Lipinski definition) is 2. The fourth-order valence-corrected chi connectivity index (χ4v) is 3.57. The average Bonchev–Trinajstić information content (AvgIpc) is 2.71. The van der Waals surface area contributed by atoms with Gasteiger partial charge in [0.15, 0.2) is 0 Å². The van der Waals surface area contributed by atoms with Gasteiger partial charge in [-0.25, -0.2) is 0 Å². The van der Waals surface area contributed by atoms with Crippen LogP contribution < -0.4 is 15.4 Å². The van der Waals surface area contributed by atoms with Gasteiger partial charge >= 0.3 is 0 Å². The summed E-state index contributed by atoms with van der Waals surface area (Å²) in [6.45, 7) is 0.506. The van der Waals surface area contributed by atoms with E-state index in [4.69, 9.17) is 4.74 Å². The lowest BCUT2D eigenvalue weighted by Gasteiger charge is -2.18. The topological polar surface area (TPSA) is 67.4 Å². The molecule has 1 unspecified atom stereocenters. The Balaban J connectivity index is 1.92. The lowest BCUT2D eigenvalue weighted by atomic mass is 10.1. The Morgan fingerprint density at radius 2 is 1.86 bits per heavy atom. The van der Waals surface area contributed by atoms with Crippen molar-refractivity contribution in [2.75, 3.05) is 25.7 Å². The number of benzene rings is 2. The molecular formula is C21H25BrN2O3S. The number of hydrogen-bond acceptors (Lipinski definition) is 4. The van der Waals surface area contributed by atoms with Crippen LogP contribution in [-0.4, -0.2) is 43.5 Å². The van der Waals surface area contributed by atoms with Gasteiger partial charge in [0, 0.05) is 11.0 Å². The molecule has 150 valence electrons. The molecule has 0 saturated carbocycles. The molecule has 0 bridgehead atoms. The van der Waals surface area contributed by atoms with Crippen molar-refractivity contribution in [1.82, 2.24) is 10.6 Å². The van der Waals surface area contributed by atoms with E-state index in [1.54, 1.807) is 37.1 Å². The van der Waals surface area contributed by atoms with Crippen LogP contribution in [0.3, 0.4) is 0 Å². The molecule has 0 aliphatic rings. The molecule has 0 heterocycles. The molecule has 0 aliphatic heterocycles. The highest BCUT2D eigenvalue weighted by atomic mass is 79.9. The molecule has 28 heavy (non-hydrogen) atoms. The molecule has 0 fully saturated rings. The van der Waals surface area contributed by atoms with E-state index >= 15 is 0 Å². The van der Waals surface area contributed by atoms with E-state index in [1.165, 1.54) is 0 Å². The van der Waals surface area contributed by atoms with E-state index in [9.17, 15) is 9.59 Å². The number of amides is 2. The van der Waals surface area contributed by atoms with Gasteiger partial charge in [-0.15, -0.1) is 0 Å². The van der Waals surface area contributed by atoms with E-state index in [2.05, 4.69) is 26.6 Å². The van der Waals surface area contributed by atoms with Crippen molar-refractivity contribution in [2.45, 2.75) is 18.9 Å². The highest BCUT2D eigenvalue weighted by Crippen LogP contribution is 2.16. The maximum Gasteiger partial charge on any atom is 0.253 e. The molecule has 0 aromatic heterocycles. The number of halogens is 1. The lowest BCUT2D eigenvalue weighted by Crippen LogP contribution is -2.47. The van der Waals surface area contributed by atoms with Gasteiger partial charge in [0.25, 0.3) is 5.91 Å². The van der Waals surface area contributed by atoms with Crippen molar-refractivity contribution in [3.8, 4) is 5.75 Å². The summed E-state index contributed by atoms with van der Waals surface area (Å²) in [6.07, 6.45) is 3.27. The molecule has 5 nitrogen and oxygen atoms in total. The summed E-state index contributed by atoms with van der Waals surface area (Å²) >= 11 is 5.03. The van der Waals surface area contributed by atoms with Crippen LogP contribution in [0.5, 0.6) is 5.75 Å². The maximum absolute atomic E-state index is 12.6. The minimum Gasteiger partial charge on any atom is -0.497 e. The average molecular weight is 465 g/mol. The van der Waals surface area contributed by atoms with Crippen LogP contribution in [-0.2, 0) is 11.2 Å². The second kappa shape index (κ2) is 11.8. The third kappa shape index (κ3) is 6.87. The van der Waals surface area contributed by atoms with Crippen molar-refractivity contribution >= 4 is 39.5 Å². The second-order valence-corrected chi connectivity index (χ2v) is 8.02. The normalized spacial score (nSPS) is 11.5. The standard InChI is InChI=1S/C21H25BrN2O3S/c1-27-16-9-7-15(8-10-16)11-13-23-21(26)19(12-14-28-2)24-20(25)17-5-3-4-6-18(17)22/h3-10,19H,11-14H2,1-2H3,(H,23,26)(H,24,25). The van der Waals surface area contributed by atoms with Crippen molar-refractivity contribution < 1.29 is 14.3 Å². The van der Waals surface area contributed by atoms with E-state index in [0.717, 1.165) is 17.1 Å². The molecule has 0 saturated heterocycles. The first-order valence-corrected chi connectivity index (χ1v) is 11.2. The molecule has 2 amide bonds. The Hall–Kier alpha value is -1.99. The van der Waals surface area contributed by atoms with E-state index < -0.39 is 6.04 Å². The molecule has 2 rings (SSSR count). The first kappa shape index (κ1) is 22.3. The molecule has 7 heteroatoms. The third-order valence-electron chi connectivity index (χ3n) is 4.22. The van der Waals surface area contributed by atoms with Gasteiger partial charge in [-0.3, -0.25) is 9.59 Å². The zero-order valence-electron chi connectivity index (χ0n) is 16.0. The fourth-order valence-electron chi connectivity index (χ4n) is 2.63. The number of methoxy groups -OCH3 is 1. The van der Waals surface area contributed by atoms with Crippen LogP contribution in [0.15, 0.2) is 53.0 Å². The van der Waals surface area contributed by atoms with Crippen molar-refractivity contribution in [3.05, 3.63) is 64.1 Å². The summed E-state index contributed by atoms with van der Waals surface area (Å²) < 4.78 is 5.85. The van der Waals surface area contributed by atoms with Crippen LogP contribution >= 0.6 is 27.7 Å². The van der Waals surface area contributed by atoms with Crippen LogP contribution in [0, 0.1) is 0 Å². The van der Waals surface area contributed by atoms with Gasteiger partial charge in [-0.05, 0) is 70.6 Å². The number of nitrogens with one attached hydrogen (secondary N) is 2. The van der Waals surface area contributed by atoms with E-state index in [0.29, 0.717) is 29.4 Å². The smallest absolute Gasteiger partial charge is 0.253 e. The van der Waals surface area contributed by atoms with Crippen LogP contribution in [0.2, 0.25) is 0 Å². The Morgan fingerprint density at radius 1 is 1.14 bits per heavy atom. The number of carbonyl (C=O) groups excluding carboxylic acids is 2. The third-order valence-corrected chi connectivity index (χ3v) is 5.56. The Bertz CT molecular complexity index is 783. The van der Waals surface area contributed by atoms with Crippen LogP contribution in [0.25, 0.3) is 0 Å². The summed E-state index contributed by atoms with van der Waals surface area (Å²) in [4.78, 5) is 25.2. The van der Waals surface area contributed by atoms with E-state index in [-0.39, 0.29) is 11.8 Å². The summed E-state index contributed by atoms with van der Waals surface area (Å²) in [5.74, 6) is 1.17. The monoisotopic (exact) mass is 464 g/mol. The number of rotatable bonds is 10. The SMILES string of the molecule is COc1ccc(CCNC(=O)C(CCSC)NC(=O)c2ccccc2Br)cc1. The number of thioether (sulfide) groups is 1. The summed E-state index contributed by atoms with van der Waals surface area (Å²) in [7, 11) is 1.63. The molecule has 2 N–H and O–H groups in total. The van der Waals surface area contributed by atoms with Crippen molar-refractivity contribution in [1.29, 1.82) is 0 Å². The first-order valence-electron chi connectivity index (χ1n) is 9.00. The molecule has 0 aliphatic carbocycles.